The molecule has 0 aliphatic heterocycles. The van der Waals surface area contributed by atoms with Crippen LogP contribution in [0.4, 0.5) is 5.69 Å². The molecule has 3 rings (SSSR count). The largest absolute Gasteiger partial charge is 0.618 e. The van der Waals surface area contributed by atoms with Crippen LogP contribution in [0.2, 0.25) is 0 Å². The van der Waals surface area contributed by atoms with Crippen molar-refractivity contribution in [2.75, 3.05) is 14.2 Å². The Kier molecular flexibility index (Phi) is 4.16. The summed E-state index contributed by atoms with van der Waals surface area (Å²) in [6.07, 6.45) is 1.30. The van der Waals surface area contributed by atoms with E-state index in [1.807, 2.05) is 0 Å². The highest BCUT2D eigenvalue weighted by atomic mass is 16.6. The summed E-state index contributed by atoms with van der Waals surface area (Å²) >= 11 is 0. The minimum atomic E-state index is -0.606. The molecular formula is C15H12N4O6. The highest BCUT2D eigenvalue weighted by Gasteiger charge is 2.25. The number of ether oxygens (including phenoxy) is 2. The van der Waals surface area contributed by atoms with Gasteiger partial charge in [0.05, 0.1) is 24.7 Å². The fraction of sp³-hybridized carbons (Fsp3) is 0.133. The standard InChI is InChI=1S/C15H12N4O6/c1-23-12-8-9(7-11(19(21)22)13(12)24-2)15-16-14(17-25-15)10-5-3-4-6-18(10)20/h3-8H,1-2H3. The zero-order valence-corrected chi connectivity index (χ0v) is 13.2. The molecule has 0 radical (unpaired) electrons. The minimum absolute atomic E-state index is 0.00269. The zero-order valence-electron chi connectivity index (χ0n) is 13.2. The summed E-state index contributed by atoms with van der Waals surface area (Å²) in [6.45, 7) is 0. The summed E-state index contributed by atoms with van der Waals surface area (Å²) in [5.74, 6) is 0.187. The number of aromatic nitrogens is 3. The average Bonchev–Trinajstić information content (AvgIpc) is 3.10. The van der Waals surface area contributed by atoms with Crippen LogP contribution >= 0.6 is 0 Å². The summed E-state index contributed by atoms with van der Waals surface area (Å²) in [6, 6.07) is 7.45. The van der Waals surface area contributed by atoms with Crippen LogP contribution in [0.3, 0.4) is 0 Å². The molecule has 10 nitrogen and oxygen atoms in total. The van der Waals surface area contributed by atoms with Crippen molar-refractivity contribution in [1.29, 1.82) is 0 Å². The smallest absolute Gasteiger partial charge is 0.315 e. The lowest BCUT2D eigenvalue weighted by Crippen LogP contribution is -2.28. The maximum absolute atomic E-state index is 11.8. The molecule has 0 saturated heterocycles. The summed E-state index contributed by atoms with van der Waals surface area (Å²) in [5.41, 5.74) is 0.138. The molecule has 0 fully saturated rings. The van der Waals surface area contributed by atoms with Gasteiger partial charge in [-0.2, -0.15) is 9.71 Å². The van der Waals surface area contributed by atoms with E-state index in [-0.39, 0.29) is 40.2 Å². The Balaban J connectivity index is 2.10. The van der Waals surface area contributed by atoms with Gasteiger partial charge in [-0.1, -0.05) is 0 Å². The van der Waals surface area contributed by atoms with Crippen LogP contribution < -0.4 is 14.2 Å². The number of rotatable bonds is 5. The summed E-state index contributed by atoms with van der Waals surface area (Å²) in [4.78, 5) is 14.8. The first kappa shape index (κ1) is 16.2. The first-order chi connectivity index (χ1) is 12.0. The zero-order chi connectivity index (χ0) is 18.0. The number of pyridine rings is 1. The van der Waals surface area contributed by atoms with Gasteiger partial charge in [-0.3, -0.25) is 10.1 Å². The topological polar surface area (TPSA) is 127 Å². The van der Waals surface area contributed by atoms with Crippen molar-refractivity contribution in [2.45, 2.75) is 0 Å². The second kappa shape index (κ2) is 6.43. The molecule has 0 aliphatic rings. The quantitative estimate of drug-likeness (QED) is 0.297. The molecule has 0 amide bonds. The van der Waals surface area contributed by atoms with Crippen molar-refractivity contribution in [2.24, 2.45) is 0 Å². The molecule has 0 N–H and O–H groups in total. The van der Waals surface area contributed by atoms with Gasteiger partial charge in [0.2, 0.25) is 5.75 Å². The average molecular weight is 344 g/mol. The van der Waals surface area contributed by atoms with Gasteiger partial charge in [0.15, 0.2) is 11.9 Å². The lowest BCUT2D eigenvalue weighted by atomic mass is 10.1. The lowest BCUT2D eigenvalue weighted by molar-refractivity contribution is -0.594. The van der Waals surface area contributed by atoms with E-state index in [2.05, 4.69) is 10.1 Å². The third kappa shape index (κ3) is 2.92. The Morgan fingerprint density at radius 2 is 2.04 bits per heavy atom. The molecule has 0 atom stereocenters. The van der Waals surface area contributed by atoms with Gasteiger partial charge in [-0.15, -0.1) is 0 Å². The maximum atomic E-state index is 11.8. The third-order valence-corrected chi connectivity index (χ3v) is 3.38. The van der Waals surface area contributed by atoms with E-state index in [9.17, 15) is 15.3 Å². The number of benzene rings is 1. The van der Waals surface area contributed by atoms with Crippen LogP contribution in [0.25, 0.3) is 23.0 Å². The van der Waals surface area contributed by atoms with E-state index >= 15 is 0 Å². The summed E-state index contributed by atoms with van der Waals surface area (Å²) in [7, 11) is 2.66. The molecule has 128 valence electrons. The Bertz CT molecular complexity index is 940. The van der Waals surface area contributed by atoms with Crippen LogP contribution in [0, 0.1) is 15.3 Å². The highest BCUT2D eigenvalue weighted by Crippen LogP contribution is 2.40. The monoisotopic (exact) mass is 344 g/mol. The van der Waals surface area contributed by atoms with Crippen LogP contribution in [0.15, 0.2) is 41.1 Å². The molecular weight excluding hydrogens is 332 g/mol. The first-order valence-electron chi connectivity index (χ1n) is 6.98. The number of nitrogens with zero attached hydrogens (tertiary/aromatic N) is 4. The molecule has 3 aromatic rings. The van der Waals surface area contributed by atoms with Gasteiger partial charge >= 0.3 is 5.69 Å². The van der Waals surface area contributed by atoms with Gasteiger partial charge in [0, 0.05) is 18.2 Å². The first-order valence-corrected chi connectivity index (χ1v) is 6.98. The SMILES string of the molecule is COc1cc(-c2nc(-c3cccc[n+]3[O-])no2)cc([N+](=O)[O-])c1OC. The second-order valence-electron chi connectivity index (χ2n) is 4.82. The van der Waals surface area contributed by atoms with Gasteiger partial charge in [-0.05, 0) is 17.3 Å². The number of nitro groups is 1. The molecule has 0 spiro atoms. The highest BCUT2D eigenvalue weighted by molar-refractivity contribution is 5.69. The van der Waals surface area contributed by atoms with Crippen LogP contribution in [0.5, 0.6) is 11.5 Å². The molecule has 0 bridgehead atoms. The fourth-order valence-corrected chi connectivity index (χ4v) is 2.25. The third-order valence-electron chi connectivity index (χ3n) is 3.38. The van der Waals surface area contributed by atoms with Crippen molar-refractivity contribution < 1.29 is 23.7 Å². The number of nitro benzene ring substituents is 1. The van der Waals surface area contributed by atoms with Crippen LogP contribution in [0.1, 0.15) is 0 Å². The second-order valence-corrected chi connectivity index (χ2v) is 4.82. The Labute approximate surface area is 141 Å². The van der Waals surface area contributed by atoms with Crippen molar-refractivity contribution in [3.05, 3.63) is 51.9 Å². The van der Waals surface area contributed by atoms with Gasteiger partial charge in [-0.25, -0.2) is 0 Å². The molecule has 0 unspecified atom stereocenters. The van der Waals surface area contributed by atoms with Crippen molar-refractivity contribution >= 4 is 5.69 Å². The van der Waals surface area contributed by atoms with Crippen LogP contribution in [-0.2, 0) is 0 Å². The van der Waals surface area contributed by atoms with E-state index in [1.165, 1.54) is 38.6 Å². The molecule has 0 aliphatic carbocycles. The number of hydrogen-bond acceptors (Lipinski definition) is 8. The molecule has 1 aromatic carbocycles. The van der Waals surface area contributed by atoms with E-state index in [1.54, 1.807) is 12.1 Å². The Morgan fingerprint density at radius 1 is 1.24 bits per heavy atom. The predicted octanol–water partition coefficient (Wildman–Crippen LogP) is 1.96. The minimum Gasteiger partial charge on any atom is -0.618 e. The summed E-state index contributed by atoms with van der Waals surface area (Å²) in [5, 5.41) is 26.8. The maximum Gasteiger partial charge on any atom is 0.315 e. The predicted molar refractivity (Wildman–Crippen MR) is 83.9 cm³/mol. The van der Waals surface area contributed by atoms with Gasteiger partial charge in [0.1, 0.15) is 0 Å². The molecule has 2 aromatic heterocycles. The molecule has 10 heteroatoms. The molecule has 25 heavy (non-hydrogen) atoms. The van der Waals surface area contributed by atoms with Crippen molar-refractivity contribution in [3.63, 3.8) is 0 Å². The molecule has 0 saturated carbocycles. The molecule has 2 heterocycles. The van der Waals surface area contributed by atoms with Crippen molar-refractivity contribution in [3.8, 4) is 34.5 Å². The normalized spacial score (nSPS) is 10.5. The van der Waals surface area contributed by atoms with Gasteiger partial charge < -0.3 is 19.2 Å². The Hall–Kier alpha value is -3.69. The van der Waals surface area contributed by atoms with E-state index in [0.29, 0.717) is 4.73 Å². The lowest BCUT2D eigenvalue weighted by Gasteiger charge is -2.08. The number of hydrogen-bond donors (Lipinski definition) is 0. The van der Waals surface area contributed by atoms with E-state index in [4.69, 9.17) is 14.0 Å². The fourth-order valence-electron chi connectivity index (χ4n) is 2.25. The summed E-state index contributed by atoms with van der Waals surface area (Å²) < 4.78 is 15.9. The van der Waals surface area contributed by atoms with Crippen LogP contribution in [-0.4, -0.2) is 29.3 Å². The van der Waals surface area contributed by atoms with E-state index in [0.717, 1.165) is 0 Å². The van der Waals surface area contributed by atoms with Gasteiger partial charge in [0.25, 0.3) is 17.4 Å². The number of methoxy groups -OCH3 is 2. The van der Waals surface area contributed by atoms with Crippen molar-refractivity contribution in [1.82, 2.24) is 10.1 Å². The van der Waals surface area contributed by atoms with E-state index < -0.39 is 4.92 Å². The Morgan fingerprint density at radius 3 is 2.68 bits per heavy atom.